The molecule has 0 aliphatic carbocycles. The van der Waals surface area contributed by atoms with Crippen molar-refractivity contribution in [3.8, 4) is 0 Å². The SMILES string of the molecule is Cl.O=C(c1ccc(F)cc1Cl)N(CCN1CCOCC1)c1nc2c(F)cc(F)cc2s1. The van der Waals surface area contributed by atoms with Crippen LogP contribution in [0.15, 0.2) is 30.3 Å². The number of rotatable bonds is 5. The Bertz CT molecular complexity index is 1090. The van der Waals surface area contributed by atoms with Crippen molar-refractivity contribution >= 4 is 56.6 Å². The molecule has 2 heterocycles. The molecule has 4 rings (SSSR count). The molecule has 0 radical (unpaired) electrons. The van der Waals surface area contributed by atoms with Crippen molar-refractivity contribution in [2.45, 2.75) is 0 Å². The van der Waals surface area contributed by atoms with Gasteiger partial charge in [0.1, 0.15) is 17.2 Å². The lowest BCUT2D eigenvalue weighted by atomic mass is 10.2. The zero-order valence-corrected chi connectivity index (χ0v) is 18.5. The third-order valence-electron chi connectivity index (χ3n) is 4.78. The number of anilines is 1. The maximum absolute atomic E-state index is 14.1. The summed E-state index contributed by atoms with van der Waals surface area (Å²) in [4.78, 5) is 21.0. The molecular formula is C20H18Cl2F3N3O2S. The van der Waals surface area contributed by atoms with E-state index in [-0.39, 0.29) is 44.9 Å². The highest BCUT2D eigenvalue weighted by atomic mass is 35.5. The molecule has 0 N–H and O–H groups in total. The van der Waals surface area contributed by atoms with Crippen LogP contribution in [-0.4, -0.2) is 55.2 Å². The summed E-state index contributed by atoms with van der Waals surface area (Å²) >= 11 is 7.09. The molecule has 1 saturated heterocycles. The fraction of sp³-hybridized carbons (Fsp3) is 0.300. The van der Waals surface area contributed by atoms with Gasteiger partial charge in [-0.05, 0) is 24.3 Å². The van der Waals surface area contributed by atoms with Gasteiger partial charge < -0.3 is 4.74 Å². The number of hydrogen-bond acceptors (Lipinski definition) is 5. The van der Waals surface area contributed by atoms with Gasteiger partial charge in [-0.15, -0.1) is 12.4 Å². The number of amides is 1. The summed E-state index contributed by atoms with van der Waals surface area (Å²) < 4.78 is 46.8. The second-order valence-electron chi connectivity index (χ2n) is 6.77. The van der Waals surface area contributed by atoms with Crippen LogP contribution in [0.5, 0.6) is 0 Å². The Hall–Kier alpha value is -1.91. The predicted molar refractivity (Wildman–Crippen MR) is 117 cm³/mol. The molecule has 0 unspecified atom stereocenters. The molecule has 1 fully saturated rings. The minimum absolute atomic E-state index is 0. The van der Waals surface area contributed by atoms with Crippen LogP contribution in [0.25, 0.3) is 10.2 Å². The summed E-state index contributed by atoms with van der Waals surface area (Å²) in [5.74, 6) is -2.57. The first kappa shape index (κ1) is 23.7. The fourth-order valence-corrected chi connectivity index (χ4v) is 4.50. The smallest absolute Gasteiger partial charge is 0.261 e. The minimum atomic E-state index is -0.798. The van der Waals surface area contributed by atoms with Crippen molar-refractivity contribution in [2.24, 2.45) is 0 Å². The topological polar surface area (TPSA) is 45.7 Å². The van der Waals surface area contributed by atoms with Gasteiger partial charge in [-0.2, -0.15) is 0 Å². The number of nitrogens with zero attached hydrogens (tertiary/aromatic N) is 3. The summed E-state index contributed by atoms with van der Waals surface area (Å²) in [6.45, 7) is 3.42. The number of fused-ring (bicyclic) bond motifs is 1. The molecule has 1 amide bonds. The molecule has 0 bridgehead atoms. The summed E-state index contributed by atoms with van der Waals surface area (Å²) in [7, 11) is 0. The molecule has 0 saturated carbocycles. The number of morpholine rings is 1. The second-order valence-corrected chi connectivity index (χ2v) is 8.18. The molecule has 1 aliphatic heterocycles. The van der Waals surface area contributed by atoms with Crippen LogP contribution in [0.2, 0.25) is 5.02 Å². The number of thiazole rings is 1. The van der Waals surface area contributed by atoms with Gasteiger partial charge in [-0.1, -0.05) is 22.9 Å². The quantitative estimate of drug-likeness (QED) is 0.515. The third-order valence-corrected chi connectivity index (χ3v) is 6.12. The van der Waals surface area contributed by atoms with Crippen molar-refractivity contribution in [1.29, 1.82) is 0 Å². The van der Waals surface area contributed by atoms with Crippen LogP contribution in [0, 0.1) is 17.5 Å². The number of benzene rings is 2. The van der Waals surface area contributed by atoms with Crippen molar-refractivity contribution in [3.05, 3.63) is 58.4 Å². The van der Waals surface area contributed by atoms with Gasteiger partial charge in [0.2, 0.25) is 0 Å². The maximum Gasteiger partial charge on any atom is 0.261 e. The van der Waals surface area contributed by atoms with E-state index in [2.05, 4.69) is 9.88 Å². The molecular weight excluding hydrogens is 474 g/mol. The number of ether oxygens (including phenoxy) is 1. The molecule has 1 aromatic heterocycles. The Morgan fingerprint density at radius 1 is 1.16 bits per heavy atom. The van der Waals surface area contributed by atoms with E-state index in [1.54, 1.807) is 0 Å². The number of hydrogen-bond donors (Lipinski definition) is 0. The van der Waals surface area contributed by atoms with Crippen molar-refractivity contribution in [3.63, 3.8) is 0 Å². The Morgan fingerprint density at radius 3 is 2.61 bits per heavy atom. The largest absolute Gasteiger partial charge is 0.379 e. The molecule has 11 heteroatoms. The fourth-order valence-electron chi connectivity index (χ4n) is 3.22. The summed E-state index contributed by atoms with van der Waals surface area (Å²) in [5, 5.41) is 0.183. The number of halogens is 5. The first-order valence-corrected chi connectivity index (χ1v) is 10.4. The Balaban J connectivity index is 0.00000272. The van der Waals surface area contributed by atoms with Crippen LogP contribution in [0.1, 0.15) is 10.4 Å². The van der Waals surface area contributed by atoms with E-state index < -0.39 is 23.4 Å². The third kappa shape index (κ3) is 5.30. The van der Waals surface area contributed by atoms with E-state index >= 15 is 0 Å². The highest BCUT2D eigenvalue weighted by Gasteiger charge is 2.25. The van der Waals surface area contributed by atoms with Crippen LogP contribution in [0.3, 0.4) is 0 Å². The molecule has 2 aromatic carbocycles. The molecule has 0 spiro atoms. The average molecular weight is 492 g/mol. The maximum atomic E-state index is 14.1. The van der Waals surface area contributed by atoms with Gasteiger partial charge in [-0.3, -0.25) is 14.6 Å². The van der Waals surface area contributed by atoms with Gasteiger partial charge in [0.25, 0.3) is 5.91 Å². The van der Waals surface area contributed by atoms with Crippen LogP contribution < -0.4 is 4.90 Å². The Morgan fingerprint density at radius 2 is 1.90 bits per heavy atom. The van der Waals surface area contributed by atoms with E-state index in [0.717, 1.165) is 42.6 Å². The minimum Gasteiger partial charge on any atom is -0.379 e. The highest BCUT2D eigenvalue weighted by Crippen LogP contribution is 2.32. The number of aromatic nitrogens is 1. The van der Waals surface area contributed by atoms with Crippen molar-refractivity contribution in [2.75, 3.05) is 44.3 Å². The second kappa shape index (κ2) is 10.1. The van der Waals surface area contributed by atoms with E-state index in [1.165, 1.54) is 17.0 Å². The lowest BCUT2D eigenvalue weighted by Gasteiger charge is -2.29. The van der Waals surface area contributed by atoms with E-state index in [9.17, 15) is 18.0 Å². The number of carbonyl (C=O) groups is 1. The van der Waals surface area contributed by atoms with E-state index in [1.807, 2.05) is 0 Å². The predicted octanol–water partition coefficient (Wildman–Crippen LogP) is 4.77. The van der Waals surface area contributed by atoms with Crippen LogP contribution in [0.4, 0.5) is 18.3 Å². The summed E-state index contributed by atoms with van der Waals surface area (Å²) in [6.07, 6.45) is 0. The summed E-state index contributed by atoms with van der Waals surface area (Å²) in [6, 6.07) is 5.43. The van der Waals surface area contributed by atoms with Crippen molar-refractivity contribution in [1.82, 2.24) is 9.88 Å². The standard InChI is InChI=1S/C20H17ClF3N3O2S.ClH/c21-15-9-12(22)1-2-14(15)19(28)27(4-3-26-5-7-29-8-6-26)20-25-18-16(24)10-13(23)11-17(18)30-20;/h1-2,9-11H,3-8H2;1H. The normalized spacial score (nSPS) is 14.5. The van der Waals surface area contributed by atoms with Crippen molar-refractivity contribution < 1.29 is 22.7 Å². The molecule has 31 heavy (non-hydrogen) atoms. The van der Waals surface area contributed by atoms with E-state index in [4.69, 9.17) is 16.3 Å². The van der Waals surface area contributed by atoms with Gasteiger partial charge in [0.15, 0.2) is 10.9 Å². The van der Waals surface area contributed by atoms with Crippen LogP contribution in [-0.2, 0) is 4.74 Å². The van der Waals surface area contributed by atoms with Crippen LogP contribution >= 0.6 is 35.3 Å². The van der Waals surface area contributed by atoms with E-state index in [0.29, 0.717) is 19.8 Å². The molecule has 166 valence electrons. The van der Waals surface area contributed by atoms with Gasteiger partial charge >= 0.3 is 0 Å². The number of carbonyl (C=O) groups excluding carboxylic acids is 1. The van der Waals surface area contributed by atoms with Gasteiger partial charge in [-0.25, -0.2) is 18.2 Å². The highest BCUT2D eigenvalue weighted by molar-refractivity contribution is 7.22. The zero-order valence-electron chi connectivity index (χ0n) is 16.1. The first-order chi connectivity index (χ1) is 14.4. The first-order valence-electron chi connectivity index (χ1n) is 9.25. The average Bonchev–Trinajstić information content (AvgIpc) is 3.13. The molecule has 5 nitrogen and oxygen atoms in total. The van der Waals surface area contributed by atoms with Gasteiger partial charge in [0, 0.05) is 32.2 Å². The Labute approximate surface area is 191 Å². The van der Waals surface area contributed by atoms with Gasteiger partial charge in [0.05, 0.1) is 28.5 Å². The lowest BCUT2D eigenvalue weighted by molar-refractivity contribution is 0.0391. The Kier molecular flexibility index (Phi) is 7.77. The molecule has 0 atom stereocenters. The lowest BCUT2D eigenvalue weighted by Crippen LogP contribution is -2.43. The molecule has 1 aliphatic rings. The summed E-state index contributed by atoms with van der Waals surface area (Å²) in [5.41, 5.74) is 0.0942. The zero-order chi connectivity index (χ0) is 21.3. The monoisotopic (exact) mass is 491 g/mol. The molecule has 3 aromatic rings.